The quantitative estimate of drug-likeness (QED) is 0.451. The van der Waals surface area contributed by atoms with Crippen LogP contribution in [0.4, 0.5) is 0 Å². The fraction of sp³-hybridized carbons (Fsp3) is 0.154. The Morgan fingerprint density at radius 2 is 1.30 bits per heavy atom. The lowest BCUT2D eigenvalue weighted by molar-refractivity contribution is 0.371. The highest BCUT2D eigenvalue weighted by Crippen LogP contribution is 2.41. The van der Waals surface area contributed by atoms with Gasteiger partial charge >= 0.3 is 0 Å². The van der Waals surface area contributed by atoms with Crippen molar-refractivity contribution in [2.24, 2.45) is 5.41 Å². The molecule has 0 radical (unpaired) electrons. The third-order valence-corrected chi connectivity index (χ3v) is 5.78. The molecule has 4 aromatic rings. The van der Waals surface area contributed by atoms with E-state index in [9.17, 15) is 0 Å². The second kappa shape index (κ2) is 6.59. The van der Waals surface area contributed by atoms with Crippen molar-refractivity contribution in [2.45, 2.75) is 19.3 Å². The predicted octanol–water partition coefficient (Wildman–Crippen LogP) is 6.21. The summed E-state index contributed by atoms with van der Waals surface area (Å²) in [6.45, 7) is 0. The summed E-state index contributed by atoms with van der Waals surface area (Å²) >= 11 is 0. The minimum atomic E-state index is 0.0979. The van der Waals surface area contributed by atoms with Crippen molar-refractivity contribution >= 4 is 17.0 Å². The topological polar surface area (TPSA) is 15.8 Å². The number of aromatic amines is 1. The summed E-state index contributed by atoms with van der Waals surface area (Å²) in [7, 11) is 0. The number of benzene rings is 3. The van der Waals surface area contributed by atoms with E-state index >= 15 is 0 Å². The van der Waals surface area contributed by atoms with Gasteiger partial charge in [0.1, 0.15) is 0 Å². The van der Waals surface area contributed by atoms with Crippen molar-refractivity contribution < 1.29 is 0 Å². The van der Waals surface area contributed by atoms with Gasteiger partial charge in [0, 0.05) is 22.0 Å². The maximum Gasteiger partial charge on any atom is 0.0461 e. The van der Waals surface area contributed by atoms with Gasteiger partial charge in [0.2, 0.25) is 0 Å². The molecule has 132 valence electrons. The van der Waals surface area contributed by atoms with E-state index in [0.29, 0.717) is 0 Å². The van der Waals surface area contributed by atoms with Crippen LogP contribution in [0, 0.1) is 5.41 Å². The molecule has 0 fully saturated rings. The number of para-hydroxylation sites is 1. The SMILES string of the molecule is C1=CC(Cc2ccccc2)(Cc2ccccc2)Cc2c1[nH]c1ccccc21. The number of hydrogen-bond acceptors (Lipinski definition) is 0. The third kappa shape index (κ3) is 3.10. The van der Waals surface area contributed by atoms with E-state index < -0.39 is 0 Å². The Labute approximate surface area is 160 Å². The van der Waals surface area contributed by atoms with Gasteiger partial charge in [0.25, 0.3) is 0 Å². The molecule has 1 aliphatic carbocycles. The van der Waals surface area contributed by atoms with Crippen LogP contribution in [-0.4, -0.2) is 4.98 Å². The van der Waals surface area contributed by atoms with E-state index in [1.165, 1.54) is 33.3 Å². The first-order chi connectivity index (χ1) is 13.3. The fourth-order valence-corrected chi connectivity index (χ4v) is 4.53. The number of nitrogens with one attached hydrogen (secondary N) is 1. The highest BCUT2D eigenvalue weighted by molar-refractivity contribution is 5.88. The second-order valence-corrected chi connectivity index (χ2v) is 7.76. The van der Waals surface area contributed by atoms with Crippen molar-refractivity contribution in [2.75, 3.05) is 0 Å². The maximum atomic E-state index is 3.59. The molecule has 27 heavy (non-hydrogen) atoms. The first kappa shape index (κ1) is 16.1. The molecule has 0 atom stereocenters. The highest BCUT2D eigenvalue weighted by Gasteiger charge is 2.33. The van der Waals surface area contributed by atoms with Gasteiger partial charge in [-0.2, -0.15) is 0 Å². The Hall–Kier alpha value is -3.06. The molecule has 1 aromatic heterocycles. The van der Waals surface area contributed by atoms with Crippen molar-refractivity contribution in [3.05, 3.63) is 113 Å². The molecule has 1 heterocycles. The number of allylic oxidation sites excluding steroid dienone is 1. The van der Waals surface area contributed by atoms with E-state index in [2.05, 4.69) is 102 Å². The van der Waals surface area contributed by atoms with Gasteiger partial charge in [-0.1, -0.05) is 84.9 Å². The highest BCUT2D eigenvalue weighted by atomic mass is 14.7. The van der Waals surface area contributed by atoms with Crippen LogP contribution in [0.25, 0.3) is 17.0 Å². The van der Waals surface area contributed by atoms with Gasteiger partial charge in [0.15, 0.2) is 0 Å². The van der Waals surface area contributed by atoms with Crippen molar-refractivity contribution in [3.8, 4) is 0 Å². The largest absolute Gasteiger partial charge is 0.355 e. The monoisotopic (exact) mass is 349 g/mol. The van der Waals surface area contributed by atoms with Gasteiger partial charge in [-0.3, -0.25) is 0 Å². The Balaban J connectivity index is 1.58. The van der Waals surface area contributed by atoms with Gasteiger partial charge in [-0.25, -0.2) is 0 Å². The first-order valence-corrected chi connectivity index (χ1v) is 9.68. The summed E-state index contributed by atoms with van der Waals surface area (Å²) in [5.74, 6) is 0. The molecule has 0 unspecified atom stereocenters. The normalized spacial score (nSPS) is 15.0. The molecule has 1 N–H and O–H groups in total. The second-order valence-electron chi connectivity index (χ2n) is 7.76. The molecule has 0 saturated carbocycles. The van der Waals surface area contributed by atoms with Gasteiger partial charge < -0.3 is 4.98 Å². The van der Waals surface area contributed by atoms with E-state index in [4.69, 9.17) is 0 Å². The van der Waals surface area contributed by atoms with Crippen LogP contribution in [0.2, 0.25) is 0 Å². The standard InChI is InChI=1S/C26H23N/c1-3-9-20(10-4-1)17-26(18-21-11-5-2-6-12-21)16-15-25-23(19-26)22-13-7-8-14-24(22)27-25/h1-16,27H,17-19H2. The number of H-pyrrole nitrogens is 1. The summed E-state index contributed by atoms with van der Waals surface area (Å²) in [4.78, 5) is 3.59. The number of hydrogen-bond donors (Lipinski definition) is 1. The van der Waals surface area contributed by atoms with Gasteiger partial charge in [0.05, 0.1) is 0 Å². The third-order valence-electron chi connectivity index (χ3n) is 5.78. The van der Waals surface area contributed by atoms with E-state index in [0.717, 1.165) is 19.3 Å². The Morgan fingerprint density at radius 1 is 0.704 bits per heavy atom. The van der Waals surface area contributed by atoms with Crippen LogP contribution in [0.5, 0.6) is 0 Å². The summed E-state index contributed by atoms with van der Waals surface area (Å²) in [6, 6.07) is 30.5. The number of aromatic nitrogens is 1. The van der Waals surface area contributed by atoms with Crippen molar-refractivity contribution in [3.63, 3.8) is 0 Å². The molecule has 0 saturated heterocycles. The minimum absolute atomic E-state index is 0.0979. The van der Waals surface area contributed by atoms with E-state index in [1.54, 1.807) is 0 Å². The molecule has 1 heteroatoms. The first-order valence-electron chi connectivity index (χ1n) is 9.68. The molecule has 1 aliphatic rings. The number of fused-ring (bicyclic) bond motifs is 3. The Kier molecular flexibility index (Phi) is 3.94. The van der Waals surface area contributed by atoms with Crippen LogP contribution in [0.1, 0.15) is 22.4 Å². The van der Waals surface area contributed by atoms with E-state index in [-0.39, 0.29) is 5.41 Å². The van der Waals surface area contributed by atoms with E-state index in [1.807, 2.05) is 0 Å². The maximum absolute atomic E-state index is 3.59. The molecule has 0 bridgehead atoms. The average molecular weight is 349 g/mol. The van der Waals surface area contributed by atoms with Crippen LogP contribution in [0.3, 0.4) is 0 Å². The average Bonchev–Trinajstić information content (AvgIpc) is 3.07. The lowest BCUT2D eigenvalue weighted by Gasteiger charge is -2.34. The molecule has 0 amide bonds. The lowest BCUT2D eigenvalue weighted by Crippen LogP contribution is -2.29. The molecule has 0 spiro atoms. The zero-order chi connectivity index (χ0) is 18.1. The zero-order valence-electron chi connectivity index (χ0n) is 15.4. The minimum Gasteiger partial charge on any atom is -0.355 e. The summed E-state index contributed by atoms with van der Waals surface area (Å²) in [5, 5.41) is 1.36. The molecule has 5 rings (SSSR count). The van der Waals surface area contributed by atoms with Crippen molar-refractivity contribution in [1.29, 1.82) is 0 Å². The predicted molar refractivity (Wildman–Crippen MR) is 114 cm³/mol. The van der Waals surface area contributed by atoms with Crippen LogP contribution >= 0.6 is 0 Å². The summed E-state index contributed by atoms with van der Waals surface area (Å²) in [5.41, 5.74) is 6.87. The fourth-order valence-electron chi connectivity index (χ4n) is 4.53. The van der Waals surface area contributed by atoms with Gasteiger partial charge in [-0.05, 0) is 48.1 Å². The van der Waals surface area contributed by atoms with Crippen molar-refractivity contribution in [1.82, 2.24) is 4.98 Å². The number of rotatable bonds is 4. The Bertz CT molecular complexity index is 1050. The smallest absolute Gasteiger partial charge is 0.0461 e. The summed E-state index contributed by atoms with van der Waals surface area (Å²) < 4.78 is 0. The summed E-state index contributed by atoms with van der Waals surface area (Å²) in [6.07, 6.45) is 7.93. The Morgan fingerprint density at radius 3 is 1.96 bits per heavy atom. The van der Waals surface area contributed by atoms with Gasteiger partial charge in [-0.15, -0.1) is 0 Å². The molecular formula is C26H23N. The molecule has 1 nitrogen and oxygen atoms in total. The molecular weight excluding hydrogens is 326 g/mol. The van der Waals surface area contributed by atoms with Crippen LogP contribution in [0.15, 0.2) is 91.0 Å². The molecule has 3 aromatic carbocycles. The van der Waals surface area contributed by atoms with Crippen LogP contribution in [-0.2, 0) is 19.3 Å². The lowest BCUT2D eigenvalue weighted by atomic mass is 9.69. The molecule has 0 aliphatic heterocycles. The van der Waals surface area contributed by atoms with Crippen LogP contribution < -0.4 is 0 Å². The zero-order valence-corrected chi connectivity index (χ0v) is 15.4.